The number of carbonyl (C=O) groups is 3. The maximum absolute atomic E-state index is 12.5. The molecule has 5 atom stereocenters. The third-order valence-electron chi connectivity index (χ3n) is 7.33. The predicted molar refractivity (Wildman–Crippen MR) is 187 cm³/mol. The van der Waals surface area contributed by atoms with Crippen molar-refractivity contribution in [2.24, 2.45) is 0 Å². The molecule has 0 aromatic carbocycles. The van der Waals surface area contributed by atoms with Crippen LogP contribution in [0, 0.1) is 0 Å². The van der Waals surface area contributed by atoms with Crippen molar-refractivity contribution >= 4 is 33.6 Å². The van der Waals surface area contributed by atoms with Crippen molar-refractivity contribution in [2.75, 3.05) is 39.6 Å². The van der Waals surface area contributed by atoms with Crippen LogP contribution in [0.4, 0.5) is 0 Å². The van der Waals surface area contributed by atoms with E-state index in [0.717, 1.165) is 44.9 Å². The second-order valence-electron chi connectivity index (χ2n) is 12.4. The quantitative estimate of drug-likeness (QED) is 0.0248. The van der Waals surface area contributed by atoms with E-state index >= 15 is 0 Å². The summed E-state index contributed by atoms with van der Waals surface area (Å²) in [6.45, 7) is 2.05. The standard InChI is InChI=1S/C33H64O16P2/c1-4-7-10-11-12-13-14-15-16-18-21-33(38)49-30(26-44-31(36)19-9-6-3)27-48-51(41,42)47-25-29(35)24-46-50(39,40)45-23-28(34)22-43-32(37)20-17-8-5-2/h28-30,34-35H,4-27H2,1-3H3,(H,39,40)(H,41,42)/t28-,29+,30-/m1/s1. The van der Waals surface area contributed by atoms with Gasteiger partial charge in [-0.2, -0.15) is 0 Å². The zero-order chi connectivity index (χ0) is 38.4. The van der Waals surface area contributed by atoms with Crippen molar-refractivity contribution < 1.29 is 75.8 Å². The first-order valence-corrected chi connectivity index (χ1v) is 21.3. The van der Waals surface area contributed by atoms with Crippen LogP contribution in [0.1, 0.15) is 136 Å². The number of carbonyl (C=O) groups excluding carboxylic acids is 3. The van der Waals surface area contributed by atoms with E-state index in [-0.39, 0.29) is 19.3 Å². The molecule has 51 heavy (non-hydrogen) atoms. The van der Waals surface area contributed by atoms with Gasteiger partial charge in [-0.25, -0.2) is 9.13 Å². The molecule has 18 heteroatoms. The van der Waals surface area contributed by atoms with E-state index in [0.29, 0.717) is 19.3 Å². The third-order valence-corrected chi connectivity index (χ3v) is 9.23. The number of hydrogen-bond acceptors (Lipinski definition) is 14. The number of esters is 3. The van der Waals surface area contributed by atoms with Gasteiger partial charge in [0.1, 0.15) is 25.4 Å². The van der Waals surface area contributed by atoms with Crippen LogP contribution in [-0.2, 0) is 55.8 Å². The summed E-state index contributed by atoms with van der Waals surface area (Å²) in [7, 11) is -9.64. The highest BCUT2D eigenvalue weighted by Crippen LogP contribution is 2.45. The molecule has 2 unspecified atom stereocenters. The largest absolute Gasteiger partial charge is 0.472 e. The fraction of sp³-hybridized carbons (Fsp3) is 0.909. The minimum atomic E-state index is -4.85. The molecular weight excluding hydrogens is 714 g/mol. The smallest absolute Gasteiger partial charge is 0.463 e. The van der Waals surface area contributed by atoms with E-state index in [1.165, 1.54) is 32.1 Å². The Hall–Kier alpha value is -1.45. The zero-order valence-corrected chi connectivity index (χ0v) is 32.6. The van der Waals surface area contributed by atoms with Gasteiger partial charge in [0.15, 0.2) is 6.10 Å². The molecule has 0 aliphatic rings. The lowest BCUT2D eigenvalue weighted by atomic mass is 10.1. The Bertz CT molecular complexity index is 1010. The summed E-state index contributed by atoms with van der Waals surface area (Å²) in [5.74, 6) is -1.64. The van der Waals surface area contributed by atoms with Crippen molar-refractivity contribution in [3.8, 4) is 0 Å². The molecule has 0 rings (SSSR count). The first-order chi connectivity index (χ1) is 24.2. The highest BCUT2D eigenvalue weighted by atomic mass is 31.2. The van der Waals surface area contributed by atoms with Gasteiger partial charge in [0.2, 0.25) is 0 Å². The van der Waals surface area contributed by atoms with Crippen molar-refractivity contribution in [2.45, 2.75) is 155 Å². The van der Waals surface area contributed by atoms with E-state index in [9.17, 15) is 43.5 Å². The number of phosphoric ester groups is 2. The van der Waals surface area contributed by atoms with Gasteiger partial charge in [-0.15, -0.1) is 0 Å². The molecule has 0 radical (unpaired) electrons. The van der Waals surface area contributed by atoms with Crippen molar-refractivity contribution in [1.29, 1.82) is 0 Å². The summed E-state index contributed by atoms with van der Waals surface area (Å²) < 4.78 is 58.8. The maximum atomic E-state index is 12.5. The van der Waals surface area contributed by atoms with E-state index in [1.54, 1.807) is 0 Å². The molecule has 16 nitrogen and oxygen atoms in total. The Balaban J connectivity index is 4.63. The monoisotopic (exact) mass is 778 g/mol. The van der Waals surface area contributed by atoms with Crippen LogP contribution < -0.4 is 0 Å². The molecule has 0 fully saturated rings. The molecule has 0 saturated carbocycles. The minimum absolute atomic E-state index is 0.111. The van der Waals surface area contributed by atoms with Gasteiger partial charge < -0.3 is 34.2 Å². The molecule has 0 saturated heterocycles. The zero-order valence-electron chi connectivity index (χ0n) is 30.8. The molecule has 4 N–H and O–H groups in total. The van der Waals surface area contributed by atoms with Crippen molar-refractivity contribution in [1.82, 2.24) is 0 Å². The van der Waals surface area contributed by atoms with Crippen LogP contribution in [-0.4, -0.2) is 95.9 Å². The fourth-order valence-electron chi connectivity index (χ4n) is 4.37. The van der Waals surface area contributed by atoms with E-state index in [2.05, 4.69) is 16.0 Å². The topological polar surface area (TPSA) is 231 Å². The van der Waals surface area contributed by atoms with Gasteiger partial charge in [0, 0.05) is 19.3 Å². The van der Waals surface area contributed by atoms with Gasteiger partial charge in [-0.05, 0) is 19.3 Å². The summed E-state index contributed by atoms with van der Waals surface area (Å²) in [5, 5.41) is 19.9. The first-order valence-electron chi connectivity index (χ1n) is 18.3. The maximum Gasteiger partial charge on any atom is 0.472 e. The summed E-state index contributed by atoms with van der Waals surface area (Å²) in [6, 6.07) is 0. The average molecular weight is 779 g/mol. The van der Waals surface area contributed by atoms with Crippen molar-refractivity contribution in [3.63, 3.8) is 0 Å². The van der Waals surface area contributed by atoms with E-state index < -0.39 is 91.5 Å². The number of aliphatic hydroxyl groups is 2. The second kappa shape index (κ2) is 31.0. The van der Waals surface area contributed by atoms with Crippen LogP contribution in [0.25, 0.3) is 0 Å². The first kappa shape index (κ1) is 49.6. The highest BCUT2D eigenvalue weighted by molar-refractivity contribution is 7.47. The molecule has 0 amide bonds. The lowest BCUT2D eigenvalue weighted by Crippen LogP contribution is -2.30. The highest BCUT2D eigenvalue weighted by Gasteiger charge is 2.29. The van der Waals surface area contributed by atoms with Gasteiger partial charge in [-0.1, -0.05) is 97.8 Å². The molecule has 0 aliphatic carbocycles. The third kappa shape index (κ3) is 31.8. The molecule has 0 aliphatic heterocycles. The normalized spacial score (nSPS) is 15.7. The van der Waals surface area contributed by atoms with Crippen molar-refractivity contribution in [3.05, 3.63) is 0 Å². The molecule has 302 valence electrons. The molecule has 0 aromatic rings. The summed E-state index contributed by atoms with van der Waals surface area (Å²) in [6.07, 6.45) is 10.8. The molecule has 0 spiro atoms. The molecule has 0 aromatic heterocycles. The minimum Gasteiger partial charge on any atom is -0.463 e. The molecule has 0 heterocycles. The van der Waals surface area contributed by atoms with Gasteiger partial charge in [-0.3, -0.25) is 32.5 Å². The van der Waals surface area contributed by atoms with Crippen LogP contribution in [0.3, 0.4) is 0 Å². The number of unbranched alkanes of at least 4 members (excludes halogenated alkanes) is 12. The molecule has 0 bridgehead atoms. The predicted octanol–water partition coefficient (Wildman–Crippen LogP) is 6.06. The lowest BCUT2D eigenvalue weighted by molar-refractivity contribution is -0.161. The Morgan fingerprint density at radius 1 is 0.471 bits per heavy atom. The summed E-state index contributed by atoms with van der Waals surface area (Å²) in [4.78, 5) is 55.9. The number of ether oxygens (including phenoxy) is 3. The number of hydrogen-bond donors (Lipinski definition) is 4. The van der Waals surface area contributed by atoms with Gasteiger partial charge in [0.25, 0.3) is 0 Å². The van der Waals surface area contributed by atoms with Crippen LogP contribution in [0.15, 0.2) is 0 Å². The lowest BCUT2D eigenvalue weighted by Gasteiger charge is -2.21. The molecular formula is C33H64O16P2. The summed E-state index contributed by atoms with van der Waals surface area (Å²) >= 11 is 0. The number of aliphatic hydroxyl groups excluding tert-OH is 2. The number of phosphoric acid groups is 2. The SMILES string of the molecule is CCCCCCCCCCCCC(=O)O[C@H](COC(=O)CCCC)COP(=O)(O)OC[C@@H](O)COP(=O)(O)OC[C@H](O)COC(=O)CCCCC. The Morgan fingerprint density at radius 2 is 0.824 bits per heavy atom. The van der Waals surface area contributed by atoms with E-state index in [1.807, 2.05) is 13.8 Å². The van der Waals surface area contributed by atoms with E-state index in [4.69, 9.17) is 23.3 Å². The Kier molecular flexibility index (Phi) is 30.1. The Morgan fingerprint density at radius 3 is 1.33 bits per heavy atom. The van der Waals surface area contributed by atoms with Crippen LogP contribution in [0.5, 0.6) is 0 Å². The summed E-state index contributed by atoms with van der Waals surface area (Å²) in [5.41, 5.74) is 0. The number of rotatable bonds is 35. The van der Waals surface area contributed by atoms with Crippen LogP contribution in [0.2, 0.25) is 0 Å². The van der Waals surface area contributed by atoms with Crippen LogP contribution >= 0.6 is 15.6 Å². The average Bonchev–Trinajstić information content (AvgIpc) is 3.09. The fourth-order valence-corrected chi connectivity index (χ4v) is 5.95. The Labute approximate surface area is 303 Å². The second-order valence-corrected chi connectivity index (χ2v) is 15.3. The van der Waals surface area contributed by atoms with Gasteiger partial charge >= 0.3 is 33.6 Å². The van der Waals surface area contributed by atoms with Gasteiger partial charge in [0.05, 0.1) is 26.4 Å².